The number of Topliss-reactive ketones (excluding diaryl/α,β-unsaturated/α-hetero) is 1. The maximum atomic E-state index is 13.6. The molecule has 0 aliphatic carbocycles. The van der Waals surface area contributed by atoms with E-state index in [0.717, 1.165) is 11.3 Å². The molecule has 1 aliphatic rings. The molecule has 1 atom stereocenters. The summed E-state index contributed by atoms with van der Waals surface area (Å²) in [6.07, 6.45) is 0. The maximum Gasteiger partial charge on any atom is 0.301 e. The van der Waals surface area contributed by atoms with Crippen LogP contribution < -0.4 is 4.90 Å². The van der Waals surface area contributed by atoms with E-state index < -0.39 is 23.5 Å². The van der Waals surface area contributed by atoms with Crippen LogP contribution in [0.5, 0.6) is 0 Å². The fourth-order valence-electron chi connectivity index (χ4n) is 3.50. The summed E-state index contributed by atoms with van der Waals surface area (Å²) >= 11 is 8.40. The van der Waals surface area contributed by atoms with Gasteiger partial charge >= 0.3 is 5.91 Å². The van der Waals surface area contributed by atoms with Crippen molar-refractivity contribution in [3.63, 3.8) is 0 Å². The van der Waals surface area contributed by atoms with Gasteiger partial charge in [0.1, 0.15) is 17.6 Å². The number of fused-ring (bicyclic) bond motifs is 1. The van der Waals surface area contributed by atoms with Crippen molar-refractivity contribution >= 4 is 67.1 Å². The minimum atomic E-state index is -0.846. The molecule has 31 heavy (non-hydrogen) atoms. The Morgan fingerprint density at radius 2 is 1.90 bits per heavy atom. The van der Waals surface area contributed by atoms with Crippen molar-refractivity contribution in [3.05, 3.63) is 86.8 Å². The third-order valence-electron chi connectivity index (χ3n) is 4.92. The lowest BCUT2D eigenvalue weighted by Gasteiger charge is -2.21. The smallest absolute Gasteiger partial charge is 0.301 e. The molecule has 2 aromatic carbocycles. The molecule has 0 bridgehead atoms. The summed E-state index contributed by atoms with van der Waals surface area (Å²) in [6.45, 7) is 0. The van der Waals surface area contributed by atoms with Crippen molar-refractivity contribution in [2.45, 2.75) is 6.04 Å². The number of ketones is 1. The van der Waals surface area contributed by atoms with Gasteiger partial charge in [0.05, 0.1) is 15.8 Å². The first-order chi connectivity index (χ1) is 14.9. The van der Waals surface area contributed by atoms with Crippen LogP contribution in [0.25, 0.3) is 16.0 Å². The lowest BCUT2D eigenvalue weighted by molar-refractivity contribution is -0.132. The molecule has 0 radical (unpaired) electrons. The first-order valence-corrected chi connectivity index (χ1v) is 11.2. The second-order valence-corrected chi connectivity index (χ2v) is 9.22. The standard InChI is InChI=1S/C22H12ClFN2O3S2/c23-12-5-3-11(4-6-12)19(27)17-18(15-2-1-9-30-15)26(21(29)20(17)28)22-25-14-8-7-13(24)10-16(14)31-22/h1-10,18,27H. The number of nitrogens with zero attached hydrogens (tertiary/aromatic N) is 2. The topological polar surface area (TPSA) is 70.5 Å². The minimum absolute atomic E-state index is 0.0276. The number of anilines is 1. The number of halogens is 2. The molecule has 1 aliphatic heterocycles. The van der Waals surface area contributed by atoms with Gasteiger partial charge < -0.3 is 5.11 Å². The van der Waals surface area contributed by atoms with Gasteiger partial charge in [0, 0.05) is 15.5 Å². The highest BCUT2D eigenvalue weighted by Crippen LogP contribution is 2.45. The van der Waals surface area contributed by atoms with Crippen LogP contribution in [-0.2, 0) is 9.59 Å². The summed E-state index contributed by atoms with van der Waals surface area (Å²) < 4.78 is 14.2. The Hall–Kier alpha value is -3.07. The molecule has 9 heteroatoms. The molecule has 1 amide bonds. The first kappa shape index (κ1) is 19.9. The van der Waals surface area contributed by atoms with Crippen LogP contribution in [0.2, 0.25) is 5.02 Å². The summed E-state index contributed by atoms with van der Waals surface area (Å²) in [6, 6.07) is 13.2. The third kappa shape index (κ3) is 3.33. The molecule has 0 saturated carbocycles. The number of carbonyl (C=O) groups is 2. The monoisotopic (exact) mass is 470 g/mol. The van der Waals surface area contributed by atoms with Gasteiger partial charge in [-0.05, 0) is 53.9 Å². The quantitative estimate of drug-likeness (QED) is 0.234. The highest BCUT2D eigenvalue weighted by atomic mass is 35.5. The van der Waals surface area contributed by atoms with Gasteiger partial charge in [-0.3, -0.25) is 14.5 Å². The fraction of sp³-hybridized carbons (Fsp3) is 0.0455. The predicted molar refractivity (Wildman–Crippen MR) is 120 cm³/mol. The molecule has 1 fully saturated rings. The van der Waals surface area contributed by atoms with Crippen LogP contribution in [-0.4, -0.2) is 21.8 Å². The zero-order valence-electron chi connectivity index (χ0n) is 15.6. The number of benzene rings is 2. The lowest BCUT2D eigenvalue weighted by Crippen LogP contribution is -2.28. The van der Waals surface area contributed by atoms with E-state index in [1.54, 1.807) is 36.4 Å². The number of aliphatic hydroxyl groups is 1. The molecular formula is C22H12ClFN2O3S2. The van der Waals surface area contributed by atoms with E-state index in [9.17, 15) is 19.1 Å². The van der Waals surface area contributed by atoms with Crippen LogP contribution in [0.15, 0.2) is 65.6 Å². The van der Waals surface area contributed by atoms with Crippen molar-refractivity contribution < 1.29 is 19.1 Å². The molecule has 1 unspecified atom stereocenters. The number of thiophene rings is 1. The molecule has 1 N–H and O–H groups in total. The highest BCUT2D eigenvalue weighted by Gasteiger charge is 2.48. The number of carbonyl (C=O) groups excluding carboxylic acids is 2. The van der Waals surface area contributed by atoms with E-state index in [0.29, 0.717) is 25.7 Å². The third-order valence-corrected chi connectivity index (χ3v) is 7.11. The molecule has 2 aromatic heterocycles. The Labute approximate surface area is 188 Å². The summed E-state index contributed by atoms with van der Waals surface area (Å²) in [5.74, 6) is -2.31. The fourth-order valence-corrected chi connectivity index (χ4v) is 5.47. The molecule has 1 saturated heterocycles. The van der Waals surface area contributed by atoms with Crippen molar-refractivity contribution in [3.8, 4) is 0 Å². The molecule has 5 nitrogen and oxygen atoms in total. The van der Waals surface area contributed by atoms with Gasteiger partial charge in [0.15, 0.2) is 5.13 Å². The Balaban J connectivity index is 1.71. The summed E-state index contributed by atoms with van der Waals surface area (Å²) in [7, 11) is 0. The number of thiazole rings is 1. The van der Waals surface area contributed by atoms with E-state index in [-0.39, 0.29) is 16.5 Å². The van der Waals surface area contributed by atoms with Crippen LogP contribution in [0, 0.1) is 5.82 Å². The molecule has 154 valence electrons. The van der Waals surface area contributed by atoms with Gasteiger partial charge in [-0.25, -0.2) is 9.37 Å². The van der Waals surface area contributed by atoms with Crippen molar-refractivity contribution in [2.24, 2.45) is 0 Å². The number of amides is 1. The molecule has 4 aromatic rings. The van der Waals surface area contributed by atoms with Crippen LogP contribution in [0.4, 0.5) is 9.52 Å². The Kier molecular flexibility index (Phi) is 4.85. The molecular weight excluding hydrogens is 459 g/mol. The van der Waals surface area contributed by atoms with Gasteiger partial charge in [0.2, 0.25) is 0 Å². The number of aliphatic hydroxyl groups excluding tert-OH is 1. The van der Waals surface area contributed by atoms with Crippen molar-refractivity contribution in [1.29, 1.82) is 0 Å². The van der Waals surface area contributed by atoms with Crippen molar-refractivity contribution in [1.82, 2.24) is 4.98 Å². The second kappa shape index (κ2) is 7.56. The van der Waals surface area contributed by atoms with E-state index in [1.165, 1.54) is 34.4 Å². The number of hydrogen-bond acceptors (Lipinski definition) is 6. The molecule has 3 heterocycles. The van der Waals surface area contributed by atoms with Crippen molar-refractivity contribution in [2.75, 3.05) is 4.90 Å². The average molecular weight is 471 g/mol. The highest BCUT2D eigenvalue weighted by molar-refractivity contribution is 7.22. The predicted octanol–water partition coefficient (Wildman–Crippen LogP) is 5.78. The van der Waals surface area contributed by atoms with E-state index in [1.807, 2.05) is 5.38 Å². The largest absolute Gasteiger partial charge is 0.507 e. The molecule has 5 rings (SSSR count). The van der Waals surface area contributed by atoms with Gasteiger partial charge in [-0.15, -0.1) is 11.3 Å². The zero-order valence-corrected chi connectivity index (χ0v) is 18.0. The summed E-state index contributed by atoms with van der Waals surface area (Å²) in [5.41, 5.74) is 0.862. The van der Waals surface area contributed by atoms with Gasteiger partial charge in [-0.2, -0.15) is 0 Å². The van der Waals surface area contributed by atoms with Gasteiger partial charge in [0.25, 0.3) is 5.78 Å². The number of aromatic nitrogens is 1. The SMILES string of the molecule is O=C1C(=O)N(c2nc3ccc(F)cc3s2)C(c2cccs2)C1=C(O)c1ccc(Cl)cc1. The first-order valence-electron chi connectivity index (χ1n) is 9.10. The van der Waals surface area contributed by atoms with E-state index in [2.05, 4.69) is 4.98 Å². The second-order valence-electron chi connectivity index (χ2n) is 6.80. The Morgan fingerprint density at radius 3 is 2.61 bits per heavy atom. The van der Waals surface area contributed by atoms with Gasteiger partial charge in [-0.1, -0.05) is 29.0 Å². The van der Waals surface area contributed by atoms with E-state index in [4.69, 9.17) is 11.6 Å². The Morgan fingerprint density at radius 1 is 1.13 bits per heavy atom. The number of hydrogen-bond donors (Lipinski definition) is 1. The molecule has 0 spiro atoms. The minimum Gasteiger partial charge on any atom is -0.507 e. The van der Waals surface area contributed by atoms with Crippen LogP contribution >= 0.6 is 34.3 Å². The normalized spacial score (nSPS) is 18.3. The maximum absolute atomic E-state index is 13.6. The van der Waals surface area contributed by atoms with Crippen LogP contribution in [0.3, 0.4) is 0 Å². The Bertz CT molecular complexity index is 1360. The van der Waals surface area contributed by atoms with Crippen LogP contribution in [0.1, 0.15) is 16.5 Å². The summed E-state index contributed by atoms with van der Waals surface area (Å²) in [4.78, 5) is 32.5. The lowest BCUT2D eigenvalue weighted by atomic mass is 10.00. The average Bonchev–Trinajstić information content (AvgIpc) is 3.47. The zero-order chi connectivity index (χ0) is 21.7. The number of rotatable bonds is 3. The van der Waals surface area contributed by atoms with E-state index >= 15 is 0 Å². The summed E-state index contributed by atoms with van der Waals surface area (Å²) in [5, 5.41) is 13.5.